The van der Waals surface area contributed by atoms with E-state index in [0.717, 1.165) is 51.5 Å². The molecule has 1 saturated heterocycles. The van der Waals surface area contributed by atoms with Gasteiger partial charge in [0.05, 0.1) is 6.42 Å². The highest BCUT2D eigenvalue weighted by atomic mass is 16.5. The van der Waals surface area contributed by atoms with Crippen LogP contribution in [0, 0.1) is 0 Å². The largest absolute Gasteiger partial charge is 0.441 e. The number of ether oxygens (including phenoxy) is 1. The van der Waals surface area contributed by atoms with Crippen LogP contribution in [0.5, 0.6) is 0 Å². The molecule has 0 saturated carbocycles. The molecule has 0 aromatic rings. The molecule has 2 aliphatic rings. The lowest BCUT2D eigenvalue weighted by atomic mass is 10.0. The Hall–Kier alpha value is -1.06. The minimum absolute atomic E-state index is 0.309. The molecule has 0 radical (unpaired) electrons. The van der Waals surface area contributed by atoms with Crippen LogP contribution in [0.15, 0.2) is 0 Å². The number of hydrogen-bond donors (Lipinski definition) is 0. The summed E-state index contributed by atoms with van der Waals surface area (Å²) >= 11 is 0. The average Bonchev–Trinajstić information content (AvgIpc) is 3.37. The van der Waals surface area contributed by atoms with E-state index >= 15 is 0 Å². The van der Waals surface area contributed by atoms with Gasteiger partial charge in [0.1, 0.15) is 0 Å². The van der Waals surface area contributed by atoms with E-state index in [0.29, 0.717) is 5.91 Å². The molecule has 0 unspecified atom stereocenters. The first-order valence-electron chi connectivity index (χ1n) is 13.3. The highest BCUT2D eigenvalue weighted by molar-refractivity contribution is 5.78. The van der Waals surface area contributed by atoms with Crippen LogP contribution in [0.1, 0.15) is 129 Å². The third kappa shape index (κ3) is 10.8. The molecule has 2 heterocycles. The van der Waals surface area contributed by atoms with Gasteiger partial charge in [-0.2, -0.15) is 4.58 Å². The second kappa shape index (κ2) is 16.6. The summed E-state index contributed by atoms with van der Waals surface area (Å²) in [5.41, 5.74) is 0. The lowest BCUT2D eigenvalue weighted by Gasteiger charge is -2.12. The van der Waals surface area contributed by atoms with Crippen LogP contribution in [0.2, 0.25) is 0 Å². The van der Waals surface area contributed by atoms with E-state index in [1.54, 1.807) is 0 Å². The highest BCUT2D eigenvalue weighted by Crippen LogP contribution is 2.15. The zero-order chi connectivity index (χ0) is 21.3. The SMILES string of the molecule is CCCCCCCCCCCCCCCCCCC1=[N+](CN2CCCC2=O)CCO1. The van der Waals surface area contributed by atoms with Gasteiger partial charge >= 0.3 is 5.90 Å². The van der Waals surface area contributed by atoms with Crippen molar-refractivity contribution in [3.05, 3.63) is 0 Å². The van der Waals surface area contributed by atoms with Crippen molar-refractivity contribution in [1.29, 1.82) is 0 Å². The van der Waals surface area contributed by atoms with Crippen molar-refractivity contribution in [2.45, 2.75) is 129 Å². The molecule has 0 aromatic carbocycles. The molecule has 0 spiro atoms. The van der Waals surface area contributed by atoms with E-state index in [1.165, 1.54) is 103 Å². The maximum absolute atomic E-state index is 11.8. The third-order valence-electron chi connectivity index (χ3n) is 6.74. The van der Waals surface area contributed by atoms with E-state index in [4.69, 9.17) is 4.74 Å². The van der Waals surface area contributed by atoms with Gasteiger partial charge in [0.15, 0.2) is 13.2 Å². The van der Waals surface area contributed by atoms with Crippen molar-refractivity contribution in [3.8, 4) is 0 Å². The number of nitrogens with zero attached hydrogens (tertiary/aromatic N) is 2. The predicted octanol–water partition coefficient (Wildman–Crippen LogP) is 6.66. The van der Waals surface area contributed by atoms with Crippen LogP contribution >= 0.6 is 0 Å². The fraction of sp³-hybridized carbons (Fsp3) is 0.923. The zero-order valence-electron chi connectivity index (χ0n) is 20.0. The summed E-state index contributed by atoms with van der Waals surface area (Å²) in [5.74, 6) is 1.43. The minimum Gasteiger partial charge on any atom is -0.441 e. The number of carbonyl (C=O) groups is 1. The monoisotopic (exact) mass is 421 g/mol. The van der Waals surface area contributed by atoms with Crippen molar-refractivity contribution in [2.75, 3.05) is 26.4 Å². The van der Waals surface area contributed by atoms with Crippen LogP contribution in [0.4, 0.5) is 0 Å². The van der Waals surface area contributed by atoms with Crippen LogP contribution in [-0.2, 0) is 9.53 Å². The van der Waals surface area contributed by atoms with E-state index < -0.39 is 0 Å². The van der Waals surface area contributed by atoms with Crippen LogP contribution in [0.3, 0.4) is 0 Å². The van der Waals surface area contributed by atoms with Crippen molar-refractivity contribution in [1.82, 2.24) is 4.90 Å². The number of hydrogen-bond acceptors (Lipinski definition) is 2. The molecule has 4 heteroatoms. The normalized spacial score (nSPS) is 16.7. The fourth-order valence-electron chi connectivity index (χ4n) is 4.75. The number of rotatable bonds is 19. The summed E-state index contributed by atoms with van der Waals surface area (Å²) < 4.78 is 8.13. The van der Waals surface area contributed by atoms with Gasteiger partial charge in [-0.25, -0.2) is 0 Å². The van der Waals surface area contributed by atoms with Crippen molar-refractivity contribution in [3.63, 3.8) is 0 Å². The molecular formula is C26H49N2O2+. The maximum atomic E-state index is 11.8. The standard InChI is InChI=1S/C26H49N2O2/c1-2-3-4-5-6-7-8-9-10-11-12-13-14-15-16-17-20-26-28(22-23-30-26)24-27-21-18-19-25(27)29/h2-24H2,1H3/q+1. The third-order valence-corrected chi connectivity index (χ3v) is 6.74. The van der Waals surface area contributed by atoms with E-state index in [-0.39, 0.29) is 0 Å². The van der Waals surface area contributed by atoms with Gasteiger partial charge in [0.25, 0.3) is 0 Å². The first kappa shape index (κ1) is 25.2. The number of likely N-dealkylation sites (tertiary alicyclic amines) is 1. The molecule has 0 aromatic heterocycles. The van der Waals surface area contributed by atoms with Crippen molar-refractivity contribution < 1.29 is 14.1 Å². The first-order chi connectivity index (χ1) is 14.8. The maximum Gasteiger partial charge on any atom is 0.338 e. The summed E-state index contributed by atoms with van der Waals surface area (Å²) in [5, 5.41) is 0. The van der Waals surface area contributed by atoms with Crippen molar-refractivity contribution >= 4 is 11.8 Å². The predicted molar refractivity (Wildman–Crippen MR) is 126 cm³/mol. The summed E-state index contributed by atoms with van der Waals surface area (Å²) in [6.45, 7) is 5.68. The van der Waals surface area contributed by atoms with Crippen LogP contribution in [-0.4, -0.2) is 47.6 Å². The smallest absolute Gasteiger partial charge is 0.338 e. The molecule has 2 aliphatic heterocycles. The molecule has 174 valence electrons. The van der Waals surface area contributed by atoms with Crippen molar-refractivity contribution in [2.24, 2.45) is 0 Å². The van der Waals surface area contributed by atoms with Gasteiger partial charge in [-0.3, -0.25) is 9.69 Å². The Kier molecular flexibility index (Phi) is 14.0. The number of amides is 1. The van der Waals surface area contributed by atoms with Crippen LogP contribution in [0.25, 0.3) is 0 Å². The Morgan fingerprint density at radius 1 is 0.800 bits per heavy atom. The Balaban J connectivity index is 1.36. The average molecular weight is 422 g/mol. The van der Waals surface area contributed by atoms with E-state index in [9.17, 15) is 4.79 Å². The first-order valence-corrected chi connectivity index (χ1v) is 13.3. The van der Waals surface area contributed by atoms with Gasteiger partial charge in [-0.15, -0.1) is 0 Å². The molecule has 2 rings (SSSR count). The van der Waals surface area contributed by atoms with Gasteiger partial charge in [0.2, 0.25) is 12.6 Å². The van der Waals surface area contributed by atoms with Crippen LogP contribution < -0.4 is 0 Å². The molecule has 1 amide bonds. The number of unbranched alkanes of at least 4 members (excludes halogenated alkanes) is 15. The second-order valence-corrected chi connectivity index (χ2v) is 9.46. The second-order valence-electron chi connectivity index (χ2n) is 9.46. The summed E-state index contributed by atoms with van der Waals surface area (Å²) in [4.78, 5) is 13.8. The molecule has 0 aliphatic carbocycles. The lowest BCUT2D eigenvalue weighted by Crippen LogP contribution is -2.34. The summed E-state index contributed by atoms with van der Waals surface area (Å²) in [6, 6.07) is 0. The van der Waals surface area contributed by atoms with Gasteiger partial charge in [0, 0.05) is 13.0 Å². The highest BCUT2D eigenvalue weighted by Gasteiger charge is 2.29. The lowest BCUT2D eigenvalue weighted by molar-refractivity contribution is -0.537. The quantitative estimate of drug-likeness (QED) is 0.172. The topological polar surface area (TPSA) is 32.5 Å². The molecule has 0 atom stereocenters. The van der Waals surface area contributed by atoms with Gasteiger partial charge < -0.3 is 4.74 Å². The summed E-state index contributed by atoms with van der Waals surface area (Å²) in [7, 11) is 0. The zero-order valence-corrected chi connectivity index (χ0v) is 20.0. The molecule has 0 N–H and O–H groups in total. The Labute approximate surface area is 186 Å². The van der Waals surface area contributed by atoms with E-state index in [1.807, 2.05) is 4.90 Å². The Morgan fingerprint density at radius 3 is 1.83 bits per heavy atom. The molecule has 0 bridgehead atoms. The summed E-state index contributed by atoms with van der Waals surface area (Å²) in [6.07, 6.45) is 25.3. The number of carbonyl (C=O) groups excluding carboxylic acids is 1. The molecule has 4 nitrogen and oxygen atoms in total. The molecule has 1 fully saturated rings. The Bertz CT molecular complexity index is 489. The van der Waals surface area contributed by atoms with Gasteiger partial charge in [-0.05, 0) is 12.8 Å². The molecule has 30 heavy (non-hydrogen) atoms. The van der Waals surface area contributed by atoms with E-state index in [2.05, 4.69) is 11.5 Å². The minimum atomic E-state index is 0.309. The Morgan fingerprint density at radius 2 is 1.33 bits per heavy atom. The fourth-order valence-corrected chi connectivity index (χ4v) is 4.75. The van der Waals surface area contributed by atoms with Gasteiger partial charge in [-0.1, -0.05) is 103 Å². The molecular weight excluding hydrogens is 372 g/mol.